The Morgan fingerprint density at radius 3 is 2.63 bits per heavy atom. The highest BCUT2D eigenvalue weighted by molar-refractivity contribution is 7.19. The van der Waals surface area contributed by atoms with E-state index in [1.807, 2.05) is 30.3 Å². The van der Waals surface area contributed by atoms with Crippen LogP contribution in [-0.4, -0.2) is 24.0 Å². The van der Waals surface area contributed by atoms with Gasteiger partial charge in [-0.15, -0.1) is 24.5 Å². The molecular weight excluding hydrogens is 379 g/mol. The van der Waals surface area contributed by atoms with E-state index in [0.717, 1.165) is 21.0 Å². The van der Waals surface area contributed by atoms with Gasteiger partial charge in [-0.3, -0.25) is 4.99 Å². The van der Waals surface area contributed by atoms with Crippen LogP contribution in [0.2, 0.25) is 0 Å². The van der Waals surface area contributed by atoms with Crippen molar-refractivity contribution in [3.8, 4) is 5.75 Å². The number of thiophene rings is 1. The molecule has 1 aromatic heterocycles. The Morgan fingerprint density at radius 2 is 1.89 bits per heavy atom. The third-order valence-corrected chi connectivity index (χ3v) is 4.80. The van der Waals surface area contributed by atoms with Crippen LogP contribution < -0.4 is 15.8 Å². The van der Waals surface area contributed by atoms with E-state index in [0.29, 0.717) is 0 Å². The van der Waals surface area contributed by atoms with Gasteiger partial charge in [0.1, 0.15) is 6.10 Å². The molecule has 0 aliphatic heterocycles. The first-order valence-electron chi connectivity index (χ1n) is 7.90. The number of para-hydroxylation sites is 2. The van der Waals surface area contributed by atoms with Crippen LogP contribution >= 0.6 is 11.3 Å². The predicted molar refractivity (Wildman–Crippen MR) is 100 cm³/mol. The second kappa shape index (κ2) is 7.85. The number of alkyl halides is 3. The lowest BCUT2D eigenvalue weighted by molar-refractivity contribution is -0.274. The third kappa shape index (κ3) is 5.11. The van der Waals surface area contributed by atoms with Gasteiger partial charge in [0.25, 0.3) is 0 Å². The van der Waals surface area contributed by atoms with Crippen molar-refractivity contribution in [3.05, 3.63) is 59.5 Å². The molecule has 3 aromatic rings. The fraction of sp³-hybridized carbons (Fsp3) is 0.167. The molecule has 9 heteroatoms. The first-order chi connectivity index (χ1) is 12.8. The Hall–Kier alpha value is -2.78. The molecule has 0 aliphatic rings. The van der Waals surface area contributed by atoms with Gasteiger partial charge in [0, 0.05) is 9.58 Å². The van der Waals surface area contributed by atoms with Crippen LogP contribution in [0.3, 0.4) is 0 Å². The summed E-state index contributed by atoms with van der Waals surface area (Å²) in [5.41, 5.74) is 5.75. The molecule has 0 radical (unpaired) electrons. The molecule has 0 amide bonds. The highest BCUT2D eigenvalue weighted by Gasteiger charge is 2.32. The maximum atomic E-state index is 12.4. The molecule has 0 saturated carbocycles. The molecule has 1 heterocycles. The number of nitrogens with two attached hydrogens (primary N) is 1. The quantitative estimate of drug-likeness (QED) is 0.445. The molecule has 3 rings (SSSR count). The number of hydrogen-bond acceptors (Lipinski definition) is 4. The molecule has 1 atom stereocenters. The van der Waals surface area contributed by atoms with Crippen molar-refractivity contribution >= 4 is 33.1 Å². The monoisotopic (exact) mass is 395 g/mol. The lowest BCUT2D eigenvalue weighted by Crippen LogP contribution is -2.25. The van der Waals surface area contributed by atoms with Crippen LogP contribution in [0, 0.1) is 0 Å². The SMILES string of the molecule is NC(=NCC(O)c1cc2ccccc2s1)Nc1ccccc1OC(F)(F)F. The Kier molecular flexibility index (Phi) is 5.52. The molecule has 1 unspecified atom stereocenters. The summed E-state index contributed by atoms with van der Waals surface area (Å²) in [7, 11) is 0. The third-order valence-electron chi connectivity index (χ3n) is 3.58. The minimum absolute atomic E-state index is 0.0208. The fourth-order valence-corrected chi connectivity index (χ4v) is 3.44. The van der Waals surface area contributed by atoms with E-state index in [1.54, 1.807) is 0 Å². The summed E-state index contributed by atoms with van der Waals surface area (Å²) in [5.74, 6) is -0.554. The molecule has 5 nitrogen and oxygen atoms in total. The minimum atomic E-state index is -4.82. The summed E-state index contributed by atoms with van der Waals surface area (Å²) in [6.45, 7) is -0.0338. The van der Waals surface area contributed by atoms with Crippen LogP contribution in [0.4, 0.5) is 18.9 Å². The zero-order valence-corrected chi connectivity index (χ0v) is 14.7. The van der Waals surface area contributed by atoms with Gasteiger partial charge in [0.05, 0.1) is 12.2 Å². The van der Waals surface area contributed by atoms with Gasteiger partial charge in [-0.1, -0.05) is 30.3 Å². The first-order valence-corrected chi connectivity index (χ1v) is 8.72. The van der Waals surface area contributed by atoms with Gasteiger partial charge in [-0.05, 0) is 29.7 Å². The van der Waals surface area contributed by atoms with Crippen molar-refractivity contribution < 1.29 is 23.0 Å². The van der Waals surface area contributed by atoms with Gasteiger partial charge in [0.15, 0.2) is 11.7 Å². The molecule has 2 aromatic carbocycles. The summed E-state index contributed by atoms with van der Waals surface area (Å²) in [5, 5.41) is 13.9. The molecule has 27 heavy (non-hydrogen) atoms. The van der Waals surface area contributed by atoms with Crippen LogP contribution in [-0.2, 0) is 0 Å². The average Bonchev–Trinajstić information content (AvgIpc) is 3.04. The van der Waals surface area contributed by atoms with Crippen LogP contribution in [0.5, 0.6) is 5.75 Å². The van der Waals surface area contributed by atoms with Crippen molar-refractivity contribution in [2.75, 3.05) is 11.9 Å². The smallest absolute Gasteiger partial charge is 0.404 e. The molecule has 4 N–H and O–H groups in total. The number of ether oxygens (including phenoxy) is 1. The largest absolute Gasteiger partial charge is 0.573 e. The van der Waals surface area contributed by atoms with Crippen LogP contribution in [0.25, 0.3) is 10.1 Å². The van der Waals surface area contributed by atoms with Crippen LogP contribution in [0.15, 0.2) is 59.6 Å². The molecule has 0 fully saturated rings. The maximum Gasteiger partial charge on any atom is 0.573 e. The van der Waals surface area contributed by atoms with E-state index in [2.05, 4.69) is 15.0 Å². The number of nitrogens with zero attached hydrogens (tertiary/aromatic N) is 1. The van der Waals surface area contributed by atoms with Crippen molar-refractivity contribution in [1.82, 2.24) is 0 Å². The van der Waals surface area contributed by atoms with Crippen molar-refractivity contribution in [3.63, 3.8) is 0 Å². The number of fused-ring (bicyclic) bond motifs is 1. The molecular formula is C18H16F3N3O2S. The summed E-state index contributed by atoms with van der Waals surface area (Å²) >= 11 is 1.44. The van der Waals surface area contributed by atoms with E-state index >= 15 is 0 Å². The minimum Gasteiger partial charge on any atom is -0.404 e. The summed E-state index contributed by atoms with van der Waals surface area (Å²) in [6.07, 6.45) is -5.69. The highest BCUT2D eigenvalue weighted by atomic mass is 32.1. The predicted octanol–water partition coefficient (Wildman–Crippen LogP) is 4.26. The summed E-state index contributed by atoms with van der Waals surface area (Å²) in [4.78, 5) is 4.74. The number of anilines is 1. The van der Waals surface area contributed by atoms with E-state index in [1.165, 1.54) is 29.5 Å². The molecule has 0 spiro atoms. The van der Waals surface area contributed by atoms with E-state index in [9.17, 15) is 18.3 Å². The second-order valence-corrected chi connectivity index (χ2v) is 6.71. The summed E-state index contributed by atoms with van der Waals surface area (Å²) < 4.78 is 42.3. The highest BCUT2D eigenvalue weighted by Crippen LogP contribution is 2.31. The number of halogens is 3. The Labute approximate surface area is 156 Å². The molecule has 0 aliphatic carbocycles. The number of guanidine groups is 1. The fourth-order valence-electron chi connectivity index (χ4n) is 2.40. The second-order valence-electron chi connectivity index (χ2n) is 5.60. The number of rotatable bonds is 5. The zero-order chi connectivity index (χ0) is 19.4. The van der Waals surface area contributed by atoms with E-state index in [-0.39, 0.29) is 18.2 Å². The molecule has 0 saturated heterocycles. The number of nitrogens with one attached hydrogen (secondary N) is 1. The lowest BCUT2D eigenvalue weighted by Gasteiger charge is -2.14. The zero-order valence-electron chi connectivity index (χ0n) is 13.9. The number of hydrogen-bond donors (Lipinski definition) is 3. The first kappa shape index (κ1) is 19.0. The van der Waals surface area contributed by atoms with E-state index < -0.39 is 18.2 Å². The lowest BCUT2D eigenvalue weighted by atomic mass is 10.2. The number of benzene rings is 2. The van der Waals surface area contributed by atoms with Crippen molar-refractivity contribution in [1.29, 1.82) is 0 Å². The Bertz CT molecular complexity index is 923. The normalized spacial score (nSPS) is 13.6. The van der Waals surface area contributed by atoms with Crippen LogP contribution in [0.1, 0.15) is 11.0 Å². The van der Waals surface area contributed by atoms with Gasteiger partial charge in [-0.2, -0.15) is 0 Å². The van der Waals surface area contributed by atoms with Crippen molar-refractivity contribution in [2.45, 2.75) is 12.5 Å². The van der Waals surface area contributed by atoms with Gasteiger partial charge < -0.3 is 20.9 Å². The topological polar surface area (TPSA) is 79.9 Å². The Morgan fingerprint density at radius 1 is 1.19 bits per heavy atom. The van der Waals surface area contributed by atoms with E-state index in [4.69, 9.17) is 5.73 Å². The molecule has 142 valence electrons. The maximum absolute atomic E-state index is 12.4. The Balaban J connectivity index is 1.67. The number of aliphatic imine (C=N–C) groups is 1. The van der Waals surface area contributed by atoms with Gasteiger partial charge >= 0.3 is 6.36 Å². The van der Waals surface area contributed by atoms with Gasteiger partial charge in [-0.25, -0.2) is 0 Å². The number of aliphatic hydroxyl groups excluding tert-OH is 1. The summed E-state index contributed by atoms with van der Waals surface area (Å²) in [6, 6.07) is 15.1. The number of aliphatic hydroxyl groups is 1. The molecule has 0 bridgehead atoms. The van der Waals surface area contributed by atoms with Crippen molar-refractivity contribution in [2.24, 2.45) is 10.7 Å². The standard InChI is InChI=1S/C18H16F3N3O2S/c19-18(20,21)26-14-7-3-2-6-12(14)24-17(22)23-10-13(25)16-9-11-5-1-4-8-15(11)27-16/h1-9,13,25H,10H2,(H3,22,23,24). The van der Waals surface area contributed by atoms with Gasteiger partial charge in [0.2, 0.25) is 0 Å². The average molecular weight is 395 g/mol.